The number of hydrogen-bond acceptors (Lipinski definition) is 1. The molecule has 0 aliphatic rings. The standard InChI is InChI=1S/C18H31N/c1-5-6-8-11-16(4)19-14-18(15(2)3)17-12-9-7-10-13-17/h7,9-10,12-13,15-16,18-19H,5-6,8,11,14H2,1-4H3. The molecule has 1 rings (SSSR count). The minimum Gasteiger partial charge on any atom is -0.314 e. The maximum Gasteiger partial charge on any atom is 0.00389 e. The average molecular weight is 261 g/mol. The first-order valence-corrected chi connectivity index (χ1v) is 7.93. The summed E-state index contributed by atoms with van der Waals surface area (Å²) in [4.78, 5) is 0. The summed E-state index contributed by atoms with van der Waals surface area (Å²) < 4.78 is 0. The highest BCUT2D eigenvalue weighted by Gasteiger charge is 2.16. The van der Waals surface area contributed by atoms with Crippen molar-refractivity contribution in [1.82, 2.24) is 5.32 Å². The van der Waals surface area contributed by atoms with Crippen molar-refractivity contribution in [3.8, 4) is 0 Å². The molecule has 0 heterocycles. The van der Waals surface area contributed by atoms with Gasteiger partial charge in [-0.05, 0) is 30.7 Å². The third-order valence-corrected chi connectivity index (χ3v) is 3.96. The van der Waals surface area contributed by atoms with E-state index >= 15 is 0 Å². The van der Waals surface area contributed by atoms with Gasteiger partial charge in [-0.2, -0.15) is 0 Å². The first-order chi connectivity index (χ1) is 9.15. The molecule has 0 fully saturated rings. The molecular formula is C18H31N. The molecule has 0 saturated heterocycles. The Labute approximate surface area is 119 Å². The Kier molecular flexibility index (Phi) is 7.81. The van der Waals surface area contributed by atoms with Crippen molar-refractivity contribution >= 4 is 0 Å². The van der Waals surface area contributed by atoms with Gasteiger partial charge in [0.05, 0.1) is 0 Å². The fourth-order valence-corrected chi connectivity index (χ4v) is 2.57. The molecule has 2 atom stereocenters. The number of unbranched alkanes of at least 4 members (excludes halogenated alkanes) is 2. The van der Waals surface area contributed by atoms with Crippen molar-refractivity contribution in [2.45, 2.75) is 65.3 Å². The van der Waals surface area contributed by atoms with Crippen LogP contribution in [0.4, 0.5) is 0 Å². The summed E-state index contributed by atoms with van der Waals surface area (Å²) in [6, 6.07) is 11.5. The predicted molar refractivity (Wildman–Crippen MR) is 85.6 cm³/mol. The van der Waals surface area contributed by atoms with Crippen LogP contribution < -0.4 is 5.32 Å². The van der Waals surface area contributed by atoms with Crippen molar-refractivity contribution in [3.63, 3.8) is 0 Å². The second-order valence-electron chi connectivity index (χ2n) is 6.07. The van der Waals surface area contributed by atoms with Crippen molar-refractivity contribution in [2.75, 3.05) is 6.54 Å². The zero-order valence-corrected chi connectivity index (χ0v) is 13.2. The molecule has 0 aromatic heterocycles. The molecule has 19 heavy (non-hydrogen) atoms. The molecule has 0 aliphatic carbocycles. The molecule has 0 spiro atoms. The average Bonchev–Trinajstić information content (AvgIpc) is 2.40. The van der Waals surface area contributed by atoms with E-state index in [1.807, 2.05) is 0 Å². The molecule has 1 nitrogen and oxygen atoms in total. The van der Waals surface area contributed by atoms with Gasteiger partial charge in [-0.3, -0.25) is 0 Å². The van der Waals surface area contributed by atoms with Gasteiger partial charge in [0.1, 0.15) is 0 Å². The number of benzene rings is 1. The Morgan fingerprint density at radius 2 is 1.68 bits per heavy atom. The Bertz CT molecular complexity index is 318. The van der Waals surface area contributed by atoms with E-state index in [1.165, 1.54) is 31.2 Å². The monoisotopic (exact) mass is 261 g/mol. The Hall–Kier alpha value is -0.820. The van der Waals surface area contributed by atoms with Gasteiger partial charge >= 0.3 is 0 Å². The van der Waals surface area contributed by atoms with Crippen LogP contribution >= 0.6 is 0 Å². The molecule has 1 N–H and O–H groups in total. The molecule has 0 radical (unpaired) electrons. The van der Waals surface area contributed by atoms with E-state index in [4.69, 9.17) is 0 Å². The van der Waals surface area contributed by atoms with Crippen molar-refractivity contribution in [1.29, 1.82) is 0 Å². The smallest absolute Gasteiger partial charge is 0.00389 e. The van der Waals surface area contributed by atoms with Gasteiger partial charge in [0, 0.05) is 12.6 Å². The van der Waals surface area contributed by atoms with Crippen LogP contribution in [-0.2, 0) is 0 Å². The number of nitrogens with one attached hydrogen (secondary N) is 1. The van der Waals surface area contributed by atoms with Crippen molar-refractivity contribution in [2.24, 2.45) is 5.92 Å². The molecule has 0 saturated carbocycles. The molecule has 108 valence electrons. The number of rotatable bonds is 9. The zero-order valence-electron chi connectivity index (χ0n) is 13.2. The Morgan fingerprint density at radius 1 is 1.00 bits per heavy atom. The van der Waals surface area contributed by atoms with Gasteiger partial charge in [-0.15, -0.1) is 0 Å². The summed E-state index contributed by atoms with van der Waals surface area (Å²) in [5.74, 6) is 1.30. The summed E-state index contributed by atoms with van der Waals surface area (Å²) >= 11 is 0. The number of hydrogen-bond donors (Lipinski definition) is 1. The molecule has 0 aliphatic heterocycles. The Balaban J connectivity index is 2.43. The van der Waals surface area contributed by atoms with Crippen LogP contribution in [0.2, 0.25) is 0 Å². The highest BCUT2D eigenvalue weighted by atomic mass is 14.9. The van der Waals surface area contributed by atoms with Crippen LogP contribution in [0, 0.1) is 5.92 Å². The lowest BCUT2D eigenvalue weighted by atomic mass is 9.88. The summed E-state index contributed by atoms with van der Waals surface area (Å²) in [6.07, 6.45) is 5.32. The fourth-order valence-electron chi connectivity index (χ4n) is 2.57. The topological polar surface area (TPSA) is 12.0 Å². The second-order valence-corrected chi connectivity index (χ2v) is 6.07. The first-order valence-electron chi connectivity index (χ1n) is 7.93. The highest BCUT2D eigenvalue weighted by Crippen LogP contribution is 2.23. The molecule has 0 bridgehead atoms. The van der Waals surface area contributed by atoms with E-state index in [1.54, 1.807) is 0 Å². The lowest BCUT2D eigenvalue weighted by Crippen LogP contribution is -2.32. The largest absolute Gasteiger partial charge is 0.314 e. The Morgan fingerprint density at radius 3 is 2.26 bits per heavy atom. The maximum absolute atomic E-state index is 3.72. The highest BCUT2D eigenvalue weighted by molar-refractivity contribution is 5.20. The third kappa shape index (κ3) is 6.24. The van der Waals surface area contributed by atoms with Gasteiger partial charge in [0.25, 0.3) is 0 Å². The van der Waals surface area contributed by atoms with E-state index in [0.717, 1.165) is 6.54 Å². The van der Waals surface area contributed by atoms with Gasteiger partial charge in [-0.25, -0.2) is 0 Å². The van der Waals surface area contributed by atoms with Gasteiger partial charge < -0.3 is 5.32 Å². The molecule has 2 unspecified atom stereocenters. The quantitative estimate of drug-likeness (QED) is 0.618. The predicted octanol–water partition coefficient (Wildman–Crippen LogP) is 4.98. The lowest BCUT2D eigenvalue weighted by Gasteiger charge is -2.24. The third-order valence-electron chi connectivity index (χ3n) is 3.96. The minimum atomic E-state index is 0.620. The van der Waals surface area contributed by atoms with E-state index in [2.05, 4.69) is 63.3 Å². The second kappa shape index (κ2) is 9.14. The van der Waals surface area contributed by atoms with Gasteiger partial charge in [0.15, 0.2) is 0 Å². The lowest BCUT2D eigenvalue weighted by molar-refractivity contribution is 0.414. The van der Waals surface area contributed by atoms with Crippen molar-refractivity contribution in [3.05, 3.63) is 35.9 Å². The van der Waals surface area contributed by atoms with Crippen LogP contribution in [0.5, 0.6) is 0 Å². The van der Waals surface area contributed by atoms with E-state index < -0.39 is 0 Å². The first kappa shape index (κ1) is 16.2. The van der Waals surface area contributed by atoms with Crippen LogP contribution in [0.15, 0.2) is 30.3 Å². The van der Waals surface area contributed by atoms with E-state index in [0.29, 0.717) is 17.9 Å². The van der Waals surface area contributed by atoms with Gasteiger partial charge in [0.2, 0.25) is 0 Å². The molecule has 1 aromatic carbocycles. The van der Waals surface area contributed by atoms with Crippen LogP contribution in [-0.4, -0.2) is 12.6 Å². The molecule has 1 heteroatoms. The molecule has 1 aromatic rings. The fraction of sp³-hybridized carbons (Fsp3) is 0.667. The van der Waals surface area contributed by atoms with E-state index in [9.17, 15) is 0 Å². The van der Waals surface area contributed by atoms with Crippen LogP contribution in [0.3, 0.4) is 0 Å². The SMILES string of the molecule is CCCCCC(C)NCC(c1ccccc1)C(C)C. The van der Waals surface area contributed by atoms with Crippen LogP contribution in [0.25, 0.3) is 0 Å². The summed E-state index contributed by atoms with van der Waals surface area (Å²) in [5.41, 5.74) is 1.46. The maximum atomic E-state index is 3.72. The van der Waals surface area contributed by atoms with E-state index in [-0.39, 0.29) is 0 Å². The zero-order chi connectivity index (χ0) is 14.1. The summed E-state index contributed by atoms with van der Waals surface area (Å²) in [6.45, 7) is 10.3. The molecule has 0 amide bonds. The summed E-state index contributed by atoms with van der Waals surface area (Å²) in [7, 11) is 0. The minimum absolute atomic E-state index is 0.620. The van der Waals surface area contributed by atoms with Crippen LogP contribution in [0.1, 0.15) is 64.9 Å². The van der Waals surface area contributed by atoms with Gasteiger partial charge in [-0.1, -0.05) is 70.4 Å². The molecular weight excluding hydrogens is 230 g/mol. The normalized spacial score (nSPS) is 14.6. The summed E-state index contributed by atoms with van der Waals surface area (Å²) in [5, 5.41) is 3.72. The van der Waals surface area contributed by atoms with Crippen molar-refractivity contribution < 1.29 is 0 Å².